The summed E-state index contributed by atoms with van der Waals surface area (Å²) in [7, 11) is 0. The van der Waals surface area contributed by atoms with E-state index in [9.17, 15) is 0 Å². The summed E-state index contributed by atoms with van der Waals surface area (Å²) < 4.78 is 20.6. The molecule has 0 unspecified atom stereocenters. The number of fused-ring (bicyclic) bond motifs is 1. The Bertz CT molecular complexity index is 1120. The largest absolute Gasteiger partial charge is 0.494 e. The lowest BCUT2D eigenvalue weighted by Gasteiger charge is -2.10. The zero-order chi connectivity index (χ0) is 20.2. The lowest BCUT2D eigenvalue weighted by molar-refractivity contribution is 0.340. The topological polar surface area (TPSA) is 9.23 Å². The van der Waals surface area contributed by atoms with Gasteiger partial charge in [-0.25, -0.2) is 4.39 Å². The smallest absolute Gasteiger partial charge is 0.134 e. The molecule has 0 heterocycles. The van der Waals surface area contributed by atoms with E-state index in [1.54, 1.807) is 0 Å². The van der Waals surface area contributed by atoms with Gasteiger partial charge in [0.2, 0.25) is 0 Å². The van der Waals surface area contributed by atoms with Gasteiger partial charge in [-0.1, -0.05) is 60.1 Å². The van der Waals surface area contributed by atoms with Crippen LogP contribution < -0.4 is 4.74 Å². The van der Waals surface area contributed by atoms with Crippen molar-refractivity contribution < 1.29 is 9.13 Å². The summed E-state index contributed by atoms with van der Waals surface area (Å²) in [5, 5.41) is 2.28. The molecule has 29 heavy (non-hydrogen) atoms. The van der Waals surface area contributed by atoms with E-state index >= 15 is 4.39 Å². The highest BCUT2D eigenvalue weighted by atomic mass is 35.5. The second-order valence-electron chi connectivity index (χ2n) is 7.06. The van der Waals surface area contributed by atoms with Gasteiger partial charge in [-0.2, -0.15) is 0 Å². The standard InChI is InChI=1S/C26H22ClFO/c1-2-29-24-14-9-19(10-15-24)21-11-16-25-22(17-21)8-7-20(26(25)28)6-3-18-4-12-23(27)13-5-18/h4-5,7-17H,2-3,6H2,1H3. The Kier molecular flexibility index (Phi) is 5.82. The third-order valence-corrected chi connectivity index (χ3v) is 5.38. The first-order valence-corrected chi connectivity index (χ1v) is 10.2. The van der Waals surface area contributed by atoms with Crippen molar-refractivity contribution in [3.05, 3.63) is 101 Å². The van der Waals surface area contributed by atoms with Crippen LogP contribution in [-0.4, -0.2) is 6.61 Å². The Hall–Kier alpha value is -2.84. The van der Waals surface area contributed by atoms with Crippen molar-refractivity contribution in [2.45, 2.75) is 19.8 Å². The molecule has 4 aromatic carbocycles. The molecule has 0 aliphatic heterocycles. The van der Waals surface area contributed by atoms with Gasteiger partial charge >= 0.3 is 0 Å². The lowest BCUT2D eigenvalue weighted by Crippen LogP contribution is -1.96. The summed E-state index contributed by atoms with van der Waals surface area (Å²) in [5.74, 6) is 0.725. The third-order valence-electron chi connectivity index (χ3n) is 5.13. The molecule has 0 bridgehead atoms. The van der Waals surface area contributed by atoms with Crippen LogP contribution in [0.1, 0.15) is 18.1 Å². The Morgan fingerprint density at radius 1 is 0.793 bits per heavy atom. The van der Waals surface area contributed by atoms with E-state index in [4.69, 9.17) is 16.3 Å². The van der Waals surface area contributed by atoms with Gasteiger partial charge in [0.1, 0.15) is 11.6 Å². The molecule has 4 aromatic rings. The fourth-order valence-corrected chi connectivity index (χ4v) is 3.68. The molecule has 1 nitrogen and oxygen atoms in total. The van der Waals surface area contributed by atoms with E-state index in [-0.39, 0.29) is 5.82 Å². The molecule has 0 fully saturated rings. The van der Waals surface area contributed by atoms with Crippen LogP contribution in [0.25, 0.3) is 21.9 Å². The molecule has 4 rings (SSSR count). The van der Waals surface area contributed by atoms with E-state index in [2.05, 4.69) is 0 Å². The summed E-state index contributed by atoms with van der Waals surface area (Å²) in [6, 6.07) is 25.5. The van der Waals surface area contributed by atoms with Gasteiger partial charge < -0.3 is 4.74 Å². The van der Waals surface area contributed by atoms with E-state index in [0.29, 0.717) is 23.4 Å². The SMILES string of the molecule is CCOc1ccc(-c2ccc3c(F)c(CCc4ccc(Cl)cc4)ccc3c2)cc1. The molecular weight excluding hydrogens is 383 g/mol. The summed E-state index contributed by atoms with van der Waals surface area (Å²) in [6.45, 7) is 2.62. The minimum absolute atomic E-state index is 0.130. The van der Waals surface area contributed by atoms with Gasteiger partial charge in [-0.05, 0) is 77.7 Å². The summed E-state index contributed by atoms with van der Waals surface area (Å²) in [5.41, 5.74) is 4.04. The predicted octanol–water partition coefficient (Wildman–Crippen LogP) is 7.48. The van der Waals surface area contributed by atoms with Crippen molar-refractivity contribution in [3.63, 3.8) is 0 Å². The minimum Gasteiger partial charge on any atom is -0.494 e. The molecule has 0 spiro atoms. The second kappa shape index (κ2) is 8.67. The molecule has 0 aliphatic carbocycles. The molecule has 146 valence electrons. The van der Waals surface area contributed by atoms with Crippen molar-refractivity contribution in [2.24, 2.45) is 0 Å². The normalized spacial score (nSPS) is 11.0. The molecule has 0 saturated heterocycles. The lowest BCUT2D eigenvalue weighted by atomic mass is 9.97. The van der Waals surface area contributed by atoms with Crippen LogP contribution in [0.3, 0.4) is 0 Å². The molecule has 0 aromatic heterocycles. The maximum atomic E-state index is 15.1. The summed E-state index contributed by atoms with van der Waals surface area (Å²) in [6.07, 6.45) is 1.44. The fourth-order valence-electron chi connectivity index (χ4n) is 3.55. The number of aryl methyl sites for hydroxylation is 2. The van der Waals surface area contributed by atoms with Gasteiger partial charge in [-0.15, -0.1) is 0 Å². The fraction of sp³-hybridized carbons (Fsp3) is 0.154. The van der Waals surface area contributed by atoms with Gasteiger partial charge in [0.15, 0.2) is 0 Å². The third kappa shape index (κ3) is 4.44. The second-order valence-corrected chi connectivity index (χ2v) is 7.49. The Labute approximate surface area is 175 Å². The minimum atomic E-state index is -0.130. The number of hydrogen-bond acceptors (Lipinski definition) is 1. The van der Waals surface area contributed by atoms with Crippen LogP contribution in [0.15, 0.2) is 78.9 Å². The first-order chi connectivity index (χ1) is 14.1. The van der Waals surface area contributed by atoms with Crippen molar-refractivity contribution in [1.29, 1.82) is 0 Å². The monoisotopic (exact) mass is 404 g/mol. The molecule has 0 saturated carbocycles. The molecule has 3 heteroatoms. The molecule has 0 N–H and O–H groups in total. The first-order valence-electron chi connectivity index (χ1n) is 9.83. The van der Waals surface area contributed by atoms with Crippen molar-refractivity contribution in [3.8, 4) is 16.9 Å². The Morgan fingerprint density at radius 3 is 2.24 bits per heavy atom. The Morgan fingerprint density at radius 2 is 1.52 bits per heavy atom. The van der Waals surface area contributed by atoms with Crippen LogP contribution in [0.5, 0.6) is 5.75 Å². The molecule has 0 radical (unpaired) electrons. The van der Waals surface area contributed by atoms with E-state index in [0.717, 1.165) is 39.8 Å². The number of rotatable bonds is 6. The highest BCUT2D eigenvalue weighted by molar-refractivity contribution is 6.30. The maximum Gasteiger partial charge on any atom is 0.134 e. The zero-order valence-corrected chi connectivity index (χ0v) is 17.0. The highest BCUT2D eigenvalue weighted by Crippen LogP contribution is 2.29. The first kappa shape index (κ1) is 19.5. The van der Waals surface area contributed by atoms with Gasteiger partial charge in [0.05, 0.1) is 6.61 Å². The van der Waals surface area contributed by atoms with E-state index < -0.39 is 0 Å². The molecular formula is C26H22ClFO. The van der Waals surface area contributed by atoms with Crippen LogP contribution in [0, 0.1) is 5.82 Å². The number of halogens is 2. The summed E-state index contributed by atoms with van der Waals surface area (Å²) >= 11 is 5.93. The molecule has 0 amide bonds. The summed E-state index contributed by atoms with van der Waals surface area (Å²) in [4.78, 5) is 0. The molecule has 0 atom stereocenters. The van der Waals surface area contributed by atoms with Crippen LogP contribution in [-0.2, 0) is 12.8 Å². The van der Waals surface area contributed by atoms with Gasteiger partial charge in [0, 0.05) is 10.4 Å². The number of hydrogen-bond donors (Lipinski definition) is 0. The van der Waals surface area contributed by atoms with Crippen LogP contribution in [0.4, 0.5) is 4.39 Å². The maximum absolute atomic E-state index is 15.1. The van der Waals surface area contributed by atoms with E-state index in [1.165, 1.54) is 0 Å². The average molecular weight is 405 g/mol. The number of ether oxygens (including phenoxy) is 1. The zero-order valence-electron chi connectivity index (χ0n) is 16.3. The molecule has 0 aliphatic rings. The van der Waals surface area contributed by atoms with Crippen molar-refractivity contribution >= 4 is 22.4 Å². The van der Waals surface area contributed by atoms with Crippen molar-refractivity contribution in [1.82, 2.24) is 0 Å². The van der Waals surface area contributed by atoms with Crippen LogP contribution >= 0.6 is 11.6 Å². The Balaban J connectivity index is 1.57. The van der Waals surface area contributed by atoms with Gasteiger partial charge in [-0.3, -0.25) is 0 Å². The van der Waals surface area contributed by atoms with Crippen molar-refractivity contribution in [2.75, 3.05) is 6.61 Å². The van der Waals surface area contributed by atoms with Crippen LogP contribution in [0.2, 0.25) is 5.02 Å². The average Bonchev–Trinajstić information content (AvgIpc) is 2.75. The van der Waals surface area contributed by atoms with Gasteiger partial charge in [0.25, 0.3) is 0 Å². The number of benzene rings is 4. The highest BCUT2D eigenvalue weighted by Gasteiger charge is 2.09. The quantitative estimate of drug-likeness (QED) is 0.323. The predicted molar refractivity (Wildman–Crippen MR) is 119 cm³/mol. The van der Waals surface area contributed by atoms with E-state index in [1.807, 2.05) is 85.8 Å².